The molecule has 17 heavy (non-hydrogen) atoms. The second-order valence-corrected chi connectivity index (χ2v) is 4.32. The van der Waals surface area contributed by atoms with Crippen molar-refractivity contribution in [1.82, 2.24) is 0 Å². The lowest BCUT2D eigenvalue weighted by molar-refractivity contribution is 0.759. The van der Waals surface area contributed by atoms with Crippen molar-refractivity contribution < 1.29 is 0 Å². The zero-order valence-electron chi connectivity index (χ0n) is 9.93. The van der Waals surface area contributed by atoms with E-state index < -0.39 is 0 Å². The molecular formula is C16H15N. The molecule has 2 aromatic carbocycles. The third-order valence-corrected chi connectivity index (χ3v) is 2.99. The van der Waals surface area contributed by atoms with Crippen molar-refractivity contribution >= 4 is 0 Å². The molecule has 1 heteroatoms. The quantitative estimate of drug-likeness (QED) is 0.771. The first-order valence-electron chi connectivity index (χ1n) is 5.83. The molecule has 0 aromatic heterocycles. The highest BCUT2D eigenvalue weighted by Gasteiger charge is 2.05. The molecule has 0 aliphatic carbocycles. The molecule has 0 aliphatic heterocycles. The molecule has 0 spiro atoms. The predicted octanol–water partition coefficient (Wildman–Crippen LogP) is 3.90. The molecule has 0 fully saturated rings. The highest BCUT2D eigenvalue weighted by molar-refractivity contribution is 5.32. The lowest BCUT2D eigenvalue weighted by Gasteiger charge is -2.11. The summed E-state index contributed by atoms with van der Waals surface area (Å²) in [5, 5.41) is 8.74. The molecule has 84 valence electrons. The molecule has 2 rings (SSSR count). The second kappa shape index (κ2) is 5.32. The van der Waals surface area contributed by atoms with Gasteiger partial charge in [-0.25, -0.2) is 0 Å². The highest BCUT2D eigenvalue weighted by Crippen LogP contribution is 2.20. The molecule has 0 saturated carbocycles. The van der Waals surface area contributed by atoms with Crippen molar-refractivity contribution in [2.45, 2.75) is 19.3 Å². The summed E-state index contributed by atoms with van der Waals surface area (Å²) in [4.78, 5) is 0. The average Bonchev–Trinajstić information content (AvgIpc) is 2.40. The topological polar surface area (TPSA) is 23.8 Å². The summed E-state index contributed by atoms with van der Waals surface area (Å²) >= 11 is 0. The zero-order chi connectivity index (χ0) is 12.1. The molecule has 0 radical (unpaired) electrons. The van der Waals surface area contributed by atoms with Crippen LogP contribution in [0.5, 0.6) is 0 Å². The van der Waals surface area contributed by atoms with Crippen LogP contribution < -0.4 is 0 Å². The minimum Gasteiger partial charge on any atom is -0.192 e. The van der Waals surface area contributed by atoms with Gasteiger partial charge < -0.3 is 0 Å². The van der Waals surface area contributed by atoms with Crippen molar-refractivity contribution in [2.75, 3.05) is 0 Å². The lowest BCUT2D eigenvalue weighted by atomic mass is 9.93. The maximum atomic E-state index is 8.74. The van der Waals surface area contributed by atoms with Gasteiger partial charge in [-0.1, -0.05) is 49.4 Å². The monoisotopic (exact) mass is 221 g/mol. The van der Waals surface area contributed by atoms with E-state index >= 15 is 0 Å². The van der Waals surface area contributed by atoms with Crippen LogP contribution in [0.3, 0.4) is 0 Å². The number of benzene rings is 2. The Balaban J connectivity index is 2.08. The van der Waals surface area contributed by atoms with Gasteiger partial charge in [-0.2, -0.15) is 5.26 Å². The summed E-state index contributed by atoms with van der Waals surface area (Å²) in [5.41, 5.74) is 3.36. The van der Waals surface area contributed by atoms with Crippen molar-refractivity contribution in [3.8, 4) is 6.07 Å². The van der Waals surface area contributed by atoms with Crippen LogP contribution in [0, 0.1) is 11.3 Å². The fraction of sp³-hybridized carbons (Fsp3) is 0.188. The van der Waals surface area contributed by atoms with Crippen molar-refractivity contribution in [3.05, 3.63) is 71.3 Å². The standard InChI is InChI=1S/C16H15N/c1-13(16-5-3-2-4-6-16)11-14-7-9-15(12-17)10-8-14/h2-10,13H,11H2,1H3. The smallest absolute Gasteiger partial charge is 0.0991 e. The van der Waals surface area contributed by atoms with Crippen LogP contribution >= 0.6 is 0 Å². The maximum absolute atomic E-state index is 8.74. The van der Waals surface area contributed by atoms with Gasteiger partial charge in [0.05, 0.1) is 11.6 Å². The van der Waals surface area contributed by atoms with Crippen molar-refractivity contribution in [3.63, 3.8) is 0 Å². The van der Waals surface area contributed by atoms with Crippen LogP contribution in [0.2, 0.25) is 0 Å². The fourth-order valence-electron chi connectivity index (χ4n) is 1.97. The predicted molar refractivity (Wildman–Crippen MR) is 69.7 cm³/mol. The van der Waals surface area contributed by atoms with E-state index in [0.29, 0.717) is 5.92 Å². The summed E-state index contributed by atoms with van der Waals surface area (Å²) in [5.74, 6) is 0.504. The van der Waals surface area contributed by atoms with E-state index in [4.69, 9.17) is 5.26 Å². The molecule has 2 aromatic rings. The SMILES string of the molecule is CC(Cc1ccc(C#N)cc1)c1ccccc1. The van der Waals surface area contributed by atoms with Crippen molar-refractivity contribution in [1.29, 1.82) is 5.26 Å². The van der Waals surface area contributed by atoms with Gasteiger partial charge >= 0.3 is 0 Å². The van der Waals surface area contributed by atoms with Crippen LogP contribution in [-0.2, 0) is 6.42 Å². The Hall–Kier alpha value is -2.07. The van der Waals surface area contributed by atoms with E-state index in [9.17, 15) is 0 Å². The summed E-state index contributed by atoms with van der Waals surface area (Å²) in [6.07, 6.45) is 1.01. The third-order valence-electron chi connectivity index (χ3n) is 2.99. The highest BCUT2D eigenvalue weighted by atomic mass is 14.2. The van der Waals surface area contributed by atoms with Gasteiger partial charge in [0.2, 0.25) is 0 Å². The van der Waals surface area contributed by atoms with E-state index in [1.54, 1.807) is 0 Å². The van der Waals surface area contributed by atoms with Gasteiger partial charge in [0, 0.05) is 0 Å². The first kappa shape index (κ1) is 11.4. The van der Waals surface area contributed by atoms with Crippen LogP contribution in [0.15, 0.2) is 54.6 Å². The van der Waals surface area contributed by atoms with Gasteiger partial charge in [-0.3, -0.25) is 0 Å². The van der Waals surface area contributed by atoms with Crippen LogP contribution in [-0.4, -0.2) is 0 Å². The van der Waals surface area contributed by atoms with Gasteiger partial charge in [0.1, 0.15) is 0 Å². The van der Waals surface area contributed by atoms with Crippen LogP contribution in [0.4, 0.5) is 0 Å². The number of hydrogen-bond acceptors (Lipinski definition) is 1. The first-order valence-corrected chi connectivity index (χ1v) is 5.83. The number of nitrogens with zero attached hydrogens (tertiary/aromatic N) is 1. The number of nitriles is 1. The molecule has 0 aliphatic rings. The summed E-state index contributed by atoms with van der Waals surface area (Å²) in [7, 11) is 0. The third kappa shape index (κ3) is 2.95. The Morgan fingerprint density at radius 2 is 1.65 bits per heavy atom. The van der Waals surface area contributed by atoms with Crippen LogP contribution in [0.1, 0.15) is 29.5 Å². The number of hydrogen-bond donors (Lipinski definition) is 0. The minimum absolute atomic E-state index is 0.504. The van der Waals surface area contributed by atoms with Crippen molar-refractivity contribution in [2.24, 2.45) is 0 Å². The van der Waals surface area contributed by atoms with Gasteiger partial charge in [0.15, 0.2) is 0 Å². The average molecular weight is 221 g/mol. The summed E-state index contributed by atoms with van der Waals surface area (Å²) in [6.45, 7) is 2.23. The Kier molecular flexibility index (Phi) is 3.57. The molecule has 1 atom stereocenters. The molecule has 0 amide bonds. The Bertz CT molecular complexity index is 505. The van der Waals surface area contributed by atoms with E-state index in [1.807, 2.05) is 30.3 Å². The van der Waals surface area contributed by atoms with Gasteiger partial charge in [0.25, 0.3) is 0 Å². The molecular weight excluding hydrogens is 206 g/mol. The van der Waals surface area contributed by atoms with E-state index in [2.05, 4.69) is 37.3 Å². The Labute approximate surface area is 102 Å². The molecule has 1 nitrogen and oxygen atoms in total. The van der Waals surface area contributed by atoms with Gasteiger partial charge in [-0.15, -0.1) is 0 Å². The van der Waals surface area contributed by atoms with E-state index in [-0.39, 0.29) is 0 Å². The maximum Gasteiger partial charge on any atom is 0.0991 e. The van der Waals surface area contributed by atoms with Gasteiger partial charge in [-0.05, 0) is 35.6 Å². The molecule has 1 unspecified atom stereocenters. The van der Waals surface area contributed by atoms with E-state index in [1.165, 1.54) is 11.1 Å². The Morgan fingerprint density at radius 3 is 2.24 bits per heavy atom. The number of rotatable bonds is 3. The molecule has 0 heterocycles. The second-order valence-electron chi connectivity index (χ2n) is 4.32. The molecule has 0 saturated heterocycles. The van der Waals surface area contributed by atoms with E-state index in [0.717, 1.165) is 12.0 Å². The molecule has 0 N–H and O–H groups in total. The summed E-state index contributed by atoms with van der Waals surface area (Å²) < 4.78 is 0. The fourth-order valence-corrected chi connectivity index (χ4v) is 1.97. The minimum atomic E-state index is 0.504. The zero-order valence-corrected chi connectivity index (χ0v) is 9.93. The molecule has 0 bridgehead atoms. The van der Waals surface area contributed by atoms with Crippen LogP contribution in [0.25, 0.3) is 0 Å². The largest absolute Gasteiger partial charge is 0.192 e. The normalized spacial score (nSPS) is 11.8. The first-order chi connectivity index (χ1) is 8.29. The lowest BCUT2D eigenvalue weighted by Crippen LogP contribution is -1.98. The Morgan fingerprint density at radius 1 is 1.00 bits per heavy atom. The summed E-state index contributed by atoms with van der Waals surface area (Å²) in [6, 6.07) is 20.5.